The zero-order valence-electron chi connectivity index (χ0n) is 19.3. The van der Waals surface area contributed by atoms with Crippen LogP contribution >= 0.6 is 11.6 Å². The van der Waals surface area contributed by atoms with Crippen molar-refractivity contribution in [2.45, 2.75) is 62.8 Å². The normalized spacial score (nSPS) is 26.1. The third-order valence-corrected chi connectivity index (χ3v) is 7.25. The van der Waals surface area contributed by atoms with Gasteiger partial charge in [0.25, 0.3) is 12.3 Å². The quantitative estimate of drug-likeness (QED) is 0.622. The summed E-state index contributed by atoms with van der Waals surface area (Å²) >= 11 is 5.99. The summed E-state index contributed by atoms with van der Waals surface area (Å²) in [6.45, 7) is 0.919. The first kappa shape index (κ1) is 24.6. The summed E-state index contributed by atoms with van der Waals surface area (Å²) in [5.74, 6) is 0.436. The Morgan fingerprint density at radius 3 is 2.64 bits per heavy atom. The molecule has 9 nitrogen and oxygen atoms in total. The molecule has 3 heterocycles. The molecule has 2 atom stereocenters. The number of urea groups is 1. The van der Waals surface area contributed by atoms with E-state index in [4.69, 9.17) is 16.3 Å². The zero-order valence-corrected chi connectivity index (χ0v) is 20.1. The Bertz CT molecular complexity index is 1130. The number of hydrogen-bond acceptors (Lipinski definition) is 6. The molecule has 0 spiro atoms. The van der Waals surface area contributed by atoms with Gasteiger partial charge in [-0.2, -0.15) is 0 Å². The van der Waals surface area contributed by atoms with Gasteiger partial charge in [0.2, 0.25) is 0 Å². The Hall–Kier alpha value is -3.05. The Labute approximate surface area is 211 Å². The Balaban J connectivity index is 1.13. The minimum atomic E-state index is -2.71. The molecule has 2 fully saturated rings. The Morgan fingerprint density at radius 1 is 1.17 bits per heavy atom. The predicted molar refractivity (Wildman–Crippen MR) is 126 cm³/mol. The lowest BCUT2D eigenvalue weighted by Gasteiger charge is -2.35. The maximum absolute atomic E-state index is 13.0. The molecule has 2 aromatic rings. The molecule has 1 aromatic heterocycles. The van der Waals surface area contributed by atoms with Crippen LogP contribution in [0, 0.1) is 0 Å². The third kappa shape index (κ3) is 4.94. The van der Waals surface area contributed by atoms with E-state index in [-0.39, 0.29) is 36.3 Å². The van der Waals surface area contributed by atoms with Gasteiger partial charge in [-0.3, -0.25) is 9.69 Å². The van der Waals surface area contributed by atoms with Gasteiger partial charge in [-0.1, -0.05) is 11.6 Å². The highest BCUT2D eigenvalue weighted by Gasteiger charge is 2.38. The molecule has 1 aromatic carbocycles. The lowest BCUT2D eigenvalue weighted by Crippen LogP contribution is -2.49. The molecule has 36 heavy (non-hydrogen) atoms. The van der Waals surface area contributed by atoms with E-state index in [1.807, 2.05) is 0 Å². The van der Waals surface area contributed by atoms with E-state index in [0.717, 1.165) is 19.0 Å². The first-order valence-corrected chi connectivity index (χ1v) is 12.3. The average molecular weight is 522 g/mol. The number of carbonyl (C=O) groups is 2. The SMILES string of the molecule is O=C(NC1CCC(N2CCN(c3cnc(C(F)F)cn3)C2=O)CC1)[C@H]1C[C@@H](O)c2cc(Cl)ccc2O1. The fourth-order valence-electron chi connectivity index (χ4n) is 5.09. The van der Waals surface area contributed by atoms with E-state index in [0.29, 0.717) is 42.3 Å². The van der Waals surface area contributed by atoms with Crippen LogP contribution in [-0.4, -0.2) is 63.2 Å². The summed E-state index contributed by atoms with van der Waals surface area (Å²) in [6.07, 6.45) is 0.836. The van der Waals surface area contributed by atoms with Crippen LogP contribution in [0.3, 0.4) is 0 Å². The van der Waals surface area contributed by atoms with Crippen LogP contribution in [0.4, 0.5) is 19.4 Å². The van der Waals surface area contributed by atoms with Crippen molar-refractivity contribution in [3.8, 4) is 5.75 Å². The molecule has 5 rings (SSSR count). The number of carbonyl (C=O) groups excluding carboxylic acids is 2. The highest BCUT2D eigenvalue weighted by atomic mass is 35.5. The van der Waals surface area contributed by atoms with Gasteiger partial charge < -0.3 is 20.1 Å². The molecule has 1 aliphatic carbocycles. The second-order valence-corrected chi connectivity index (χ2v) is 9.72. The number of ether oxygens (including phenoxy) is 1. The minimum absolute atomic E-state index is 0.0216. The van der Waals surface area contributed by atoms with Gasteiger partial charge in [-0.05, 0) is 43.9 Å². The molecule has 2 aliphatic heterocycles. The van der Waals surface area contributed by atoms with Crippen LogP contribution in [-0.2, 0) is 4.79 Å². The highest BCUT2D eigenvalue weighted by molar-refractivity contribution is 6.30. The number of aliphatic hydroxyl groups is 1. The molecule has 0 bridgehead atoms. The molecule has 1 saturated carbocycles. The van der Waals surface area contributed by atoms with Crippen molar-refractivity contribution >= 4 is 29.4 Å². The van der Waals surface area contributed by atoms with E-state index in [9.17, 15) is 23.5 Å². The van der Waals surface area contributed by atoms with Crippen molar-refractivity contribution in [2.75, 3.05) is 18.0 Å². The van der Waals surface area contributed by atoms with Gasteiger partial charge >= 0.3 is 6.03 Å². The van der Waals surface area contributed by atoms with Crippen molar-refractivity contribution in [1.29, 1.82) is 0 Å². The number of halogens is 3. The van der Waals surface area contributed by atoms with Crippen LogP contribution in [0.2, 0.25) is 5.02 Å². The van der Waals surface area contributed by atoms with Crippen LogP contribution < -0.4 is 15.0 Å². The largest absolute Gasteiger partial charge is 0.480 e. The Kier molecular flexibility index (Phi) is 6.94. The van der Waals surface area contributed by atoms with Gasteiger partial charge in [0.15, 0.2) is 11.9 Å². The second kappa shape index (κ2) is 10.1. The number of aromatic nitrogens is 2. The highest BCUT2D eigenvalue weighted by Crippen LogP contribution is 2.37. The molecule has 2 N–H and O–H groups in total. The zero-order chi connectivity index (χ0) is 25.4. The predicted octanol–water partition coefficient (Wildman–Crippen LogP) is 3.62. The summed E-state index contributed by atoms with van der Waals surface area (Å²) in [7, 11) is 0. The van der Waals surface area contributed by atoms with Gasteiger partial charge in [0, 0.05) is 42.2 Å². The van der Waals surface area contributed by atoms with Gasteiger partial charge in [-0.15, -0.1) is 0 Å². The number of anilines is 1. The number of nitrogens with zero attached hydrogens (tertiary/aromatic N) is 4. The third-order valence-electron chi connectivity index (χ3n) is 7.01. The standard InChI is InChI=1S/C24H26ClF2N5O4/c25-13-1-6-19-16(9-13)18(33)10-20(36-19)23(34)30-14-2-4-15(5-3-14)31-7-8-32(24(31)35)21-12-28-17(11-29-21)22(26)27/h1,6,9,11-12,14-15,18,20,22,33H,2-5,7-8,10H2,(H,30,34)/t14?,15?,18-,20-/m1/s1. The van der Waals surface area contributed by atoms with E-state index in [2.05, 4.69) is 15.3 Å². The summed E-state index contributed by atoms with van der Waals surface area (Å²) in [6, 6.07) is 4.70. The topological polar surface area (TPSA) is 108 Å². The summed E-state index contributed by atoms with van der Waals surface area (Å²) in [5.41, 5.74) is 0.150. The summed E-state index contributed by atoms with van der Waals surface area (Å²) < 4.78 is 31.3. The summed E-state index contributed by atoms with van der Waals surface area (Å²) in [5, 5.41) is 14.0. The molecular formula is C24H26ClF2N5O4. The number of benzene rings is 1. The van der Waals surface area contributed by atoms with Crippen molar-refractivity contribution in [3.05, 3.63) is 46.9 Å². The van der Waals surface area contributed by atoms with E-state index >= 15 is 0 Å². The lowest BCUT2D eigenvalue weighted by atomic mass is 9.90. The monoisotopic (exact) mass is 521 g/mol. The summed E-state index contributed by atoms with van der Waals surface area (Å²) in [4.78, 5) is 36.7. The molecule has 192 valence electrons. The van der Waals surface area contributed by atoms with Gasteiger partial charge in [-0.25, -0.2) is 23.5 Å². The van der Waals surface area contributed by atoms with Gasteiger partial charge in [0.05, 0.1) is 18.5 Å². The smallest absolute Gasteiger partial charge is 0.326 e. The second-order valence-electron chi connectivity index (χ2n) is 9.28. The van der Waals surface area contributed by atoms with E-state index < -0.39 is 24.3 Å². The van der Waals surface area contributed by atoms with Crippen LogP contribution in [0.1, 0.15) is 55.9 Å². The number of alkyl halides is 2. The fourth-order valence-corrected chi connectivity index (χ4v) is 5.27. The maximum atomic E-state index is 13.0. The van der Waals surface area contributed by atoms with Crippen molar-refractivity contribution in [1.82, 2.24) is 20.2 Å². The molecule has 3 aliphatic rings. The van der Waals surface area contributed by atoms with Crippen molar-refractivity contribution < 1.29 is 28.2 Å². The number of fused-ring (bicyclic) bond motifs is 1. The molecule has 0 radical (unpaired) electrons. The average Bonchev–Trinajstić information content (AvgIpc) is 3.26. The number of hydrogen-bond donors (Lipinski definition) is 2. The van der Waals surface area contributed by atoms with E-state index in [1.54, 1.807) is 23.1 Å². The Morgan fingerprint density at radius 2 is 1.94 bits per heavy atom. The molecule has 12 heteroatoms. The number of amides is 3. The van der Waals surface area contributed by atoms with Crippen LogP contribution in [0.15, 0.2) is 30.6 Å². The number of nitrogens with one attached hydrogen (secondary N) is 1. The molecule has 0 unspecified atom stereocenters. The molecule has 3 amide bonds. The first-order valence-electron chi connectivity index (χ1n) is 11.9. The first-order chi connectivity index (χ1) is 17.3. The number of rotatable bonds is 5. The van der Waals surface area contributed by atoms with E-state index in [1.165, 1.54) is 11.1 Å². The van der Waals surface area contributed by atoms with Crippen molar-refractivity contribution in [2.24, 2.45) is 0 Å². The fraction of sp³-hybridized carbons (Fsp3) is 0.500. The van der Waals surface area contributed by atoms with Crippen LogP contribution in [0.5, 0.6) is 5.75 Å². The van der Waals surface area contributed by atoms with Crippen molar-refractivity contribution in [3.63, 3.8) is 0 Å². The molecule has 1 saturated heterocycles. The molecular weight excluding hydrogens is 496 g/mol. The lowest BCUT2D eigenvalue weighted by molar-refractivity contribution is -0.131. The number of aliphatic hydroxyl groups excluding tert-OH is 1. The van der Waals surface area contributed by atoms with Gasteiger partial charge in [0.1, 0.15) is 11.4 Å². The maximum Gasteiger partial charge on any atom is 0.326 e. The minimum Gasteiger partial charge on any atom is -0.480 e. The van der Waals surface area contributed by atoms with Crippen LogP contribution in [0.25, 0.3) is 0 Å².